The van der Waals surface area contributed by atoms with E-state index in [1.807, 2.05) is 0 Å². The van der Waals surface area contributed by atoms with Gasteiger partial charge in [-0.15, -0.1) is 0 Å². The van der Waals surface area contributed by atoms with E-state index in [-0.39, 0.29) is 18.4 Å². The lowest BCUT2D eigenvalue weighted by Gasteiger charge is -2.25. The Morgan fingerprint density at radius 1 is 1.44 bits per heavy atom. The Morgan fingerprint density at radius 2 is 2.28 bits per heavy atom. The summed E-state index contributed by atoms with van der Waals surface area (Å²) in [5.74, 6) is -0.182. The molecule has 0 aromatic carbocycles. The average molecular weight is 344 g/mol. The van der Waals surface area contributed by atoms with Crippen LogP contribution in [0.15, 0.2) is 12.7 Å². The molecule has 1 aliphatic carbocycles. The van der Waals surface area contributed by atoms with Crippen LogP contribution in [-0.4, -0.2) is 68.5 Å². The lowest BCUT2D eigenvalue weighted by atomic mass is 9.81. The molecule has 2 aromatic rings. The van der Waals surface area contributed by atoms with E-state index in [9.17, 15) is 14.7 Å². The second kappa shape index (κ2) is 5.68. The summed E-state index contributed by atoms with van der Waals surface area (Å²) in [6.45, 7) is 0.971. The molecule has 0 unspecified atom stereocenters. The van der Waals surface area contributed by atoms with Gasteiger partial charge < -0.3 is 19.9 Å². The van der Waals surface area contributed by atoms with Gasteiger partial charge in [-0.3, -0.25) is 9.59 Å². The van der Waals surface area contributed by atoms with Gasteiger partial charge in [-0.1, -0.05) is 6.42 Å². The van der Waals surface area contributed by atoms with Gasteiger partial charge >= 0.3 is 5.97 Å². The highest BCUT2D eigenvalue weighted by molar-refractivity contribution is 5.88. The van der Waals surface area contributed by atoms with Gasteiger partial charge in [0.05, 0.1) is 18.3 Å². The highest BCUT2D eigenvalue weighted by atomic mass is 16.4. The van der Waals surface area contributed by atoms with Gasteiger partial charge in [0.25, 0.3) is 0 Å². The number of fused-ring (bicyclic) bond motifs is 2. The average Bonchev–Trinajstić information content (AvgIpc) is 3.27. The highest BCUT2D eigenvalue weighted by Gasteiger charge is 2.55. The Bertz CT molecular complexity index is 836. The largest absolute Gasteiger partial charge is 0.481 e. The number of hydrogen-bond acceptors (Lipinski definition) is 6. The number of likely N-dealkylation sites (N-methyl/N-ethyl adjacent to an activating group) is 1. The summed E-state index contributed by atoms with van der Waals surface area (Å²) in [6, 6.07) is 0. The van der Waals surface area contributed by atoms with E-state index in [0.29, 0.717) is 36.5 Å². The molecule has 2 fully saturated rings. The first-order chi connectivity index (χ1) is 12.0. The molecule has 25 heavy (non-hydrogen) atoms. The van der Waals surface area contributed by atoms with Crippen LogP contribution in [0.2, 0.25) is 0 Å². The van der Waals surface area contributed by atoms with Crippen LogP contribution in [0.4, 0.5) is 5.82 Å². The van der Waals surface area contributed by atoms with Crippen molar-refractivity contribution in [3.05, 3.63) is 12.7 Å². The van der Waals surface area contributed by atoms with E-state index in [2.05, 4.69) is 19.9 Å². The number of hydrogen-bond donors (Lipinski definition) is 2. The molecule has 3 heterocycles. The summed E-state index contributed by atoms with van der Waals surface area (Å²) in [5, 5.41) is 9.65. The van der Waals surface area contributed by atoms with Crippen LogP contribution in [0.25, 0.3) is 11.2 Å². The van der Waals surface area contributed by atoms with Gasteiger partial charge in [-0.2, -0.15) is 0 Å². The van der Waals surface area contributed by atoms with E-state index in [1.54, 1.807) is 16.8 Å². The lowest BCUT2D eigenvalue weighted by Crippen LogP contribution is -2.41. The van der Waals surface area contributed by atoms with Gasteiger partial charge in [-0.05, 0) is 18.8 Å². The second-order valence-electron chi connectivity index (χ2n) is 6.98. The standard InChI is InChI=1S/C16H20N6O3/c1-21(14-12-13(18-8-17-12)19-9-20-14)6-11(23)22-5-10-3-2-4-16(10,7-22)15(24)25/h8-10H,2-7H2,1H3,(H,24,25)(H,17,18,19,20)/t10-,16+/m0/s1. The van der Waals surface area contributed by atoms with Crippen LogP contribution in [0.3, 0.4) is 0 Å². The quantitative estimate of drug-likeness (QED) is 0.830. The van der Waals surface area contributed by atoms with Gasteiger partial charge in [0.2, 0.25) is 5.91 Å². The van der Waals surface area contributed by atoms with Crippen LogP contribution in [0, 0.1) is 11.3 Å². The third-order valence-electron chi connectivity index (χ3n) is 5.59. The highest BCUT2D eigenvalue weighted by Crippen LogP contribution is 2.48. The molecule has 2 aromatic heterocycles. The topological polar surface area (TPSA) is 115 Å². The second-order valence-corrected chi connectivity index (χ2v) is 6.98. The zero-order valence-corrected chi connectivity index (χ0v) is 14.0. The summed E-state index contributed by atoms with van der Waals surface area (Å²) in [5.41, 5.74) is 0.475. The summed E-state index contributed by atoms with van der Waals surface area (Å²) < 4.78 is 0. The molecule has 2 aliphatic rings. The van der Waals surface area contributed by atoms with Gasteiger partial charge in [0.15, 0.2) is 11.5 Å². The molecule has 4 rings (SSSR count). The molecule has 9 nitrogen and oxygen atoms in total. The molecule has 0 radical (unpaired) electrons. The number of aromatic amines is 1. The Kier molecular flexibility index (Phi) is 3.59. The number of H-pyrrole nitrogens is 1. The molecule has 1 amide bonds. The lowest BCUT2D eigenvalue weighted by molar-refractivity contribution is -0.149. The number of rotatable bonds is 4. The van der Waals surface area contributed by atoms with Crippen molar-refractivity contribution in [3.63, 3.8) is 0 Å². The van der Waals surface area contributed by atoms with Crippen molar-refractivity contribution in [2.45, 2.75) is 19.3 Å². The SMILES string of the molecule is CN(CC(=O)N1C[C@@H]2CCC[C@@]2(C(=O)O)C1)c1ncnc2nc[nH]c12. The Morgan fingerprint density at radius 3 is 3.04 bits per heavy atom. The molecule has 1 saturated heterocycles. The normalized spacial score (nSPS) is 25.3. The predicted octanol–water partition coefficient (Wildman–Crippen LogP) is 0.502. The Balaban J connectivity index is 1.49. The van der Waals surface area contributed by atoms with Gasteiger partial charge in [0.1, 0.15) is 11.8 Å². The van der Waals surface area contributed by atoms with E-state index < -0.39 is 11.4 Å². The summed E-state index contributed by atoms with van der Waals surface area (Å²) in [4.78, 5) is 43.3. The molecule has 1 saturated carbocycles. The maximum atomic E-state index is 12.7. The number of aromatic nitrogens is 4. The fourth-order valence-electron chi connectivity index (χ4n) is 4.25. The van der Waals surface area contributed by atoms with Crippen molar-refractivity contribution < 1.29 is 14.7 Å². The number of nitrogens with zero attached hydrogens (tertiary/aromatic N) is 5. The molecule has 132 valence electrons. The molecule has 0 bridgehead atoms. The summed E-state index contributed by atoms with van der Waals surface area (Å²) in [6.07, 6.45) is 5.42. The third-order valence-corrected chi connectivity index (χ3v) is 5.59. The molecule has 2 atom stereocenters. The third kappa shape index (κ3) is 2.41. The fraction of sp³-hybridized carbons (Fsp3) is 0.562. The van der Waals surface area contributed by atoms with Crippen molar-refractivity contribution >= 4 is 28.9 Å². The number of amides is 1. The number of likely N-dealkylation sites (tertiary alicyclic amines) is 1. The van der Waals surface area contributed by atoms with E-state index in [1.165, 1.54) is 12.7 Å². The summed E-state index contributed by atoms with van der Waals surface area (Å²) in [7, 11) is 1.78. The first kappa shape index (κ1) is 15.8. The summed E-state index contributed by atoms with van der Waals surface area (Å²) >= 11 is 0. The molecule has 2 N–H and O–H groups in total. The smallest absolute Gasteiger partial charge is 0.311 e. The van der Waals surface area contributed by atoms with Gasteiger partial charge in [-0.25, -0.2) is 15.0 Å². The molecular formula is C16H20N6O3. The van der Waals surface area contributed by atoms with Crippen LogP contribution in [-0.2, 0) is 9.59 Å². The number of carboxylic acids is 1. The fourth-order valence-corrected chi connectivity index (χ4v) is 4.25. The molecule has 1 aliphatic heterocycles. The number of carbonyl (C=O) groups excluding carboxylic acids is 1. The number of carbonyl (C=O) groups is 2. The maximum absolute atomic E-state index is 12.7. The maximum Gasteiger partial charge on any atom is 0.311 e. The predicted molar refractivity (Wildman–Crippen MR) is 88.9 cm³/mol. The first-order valence-corrected chi connectivity index (χ1v) is 8.37. The minimum atomic E-state index is -0.770. The van der Waals surface area contributed by atoms with E-state index in [4.69, 9.17) is 0 Å². The Labute approximate surface area is 144 Å². The minimum absolute atomic E-state index is 0.0672. The van der Waals surface area contributed by atoms with E-state index >= 15 is 0 Å². The Hall–Kier alpha value is -2.71. The van der Waals surface area contributed by atoms with E-state index in [0.717, 1.165) is 12.8 Å². The van der Waals surface area contributed by atoms with Crippen molar-refractivity contribution in [1.29, 1.82) is 0 Å². The molecular weight excluding hydrogens is 324 g/mol. The van der Waals surface area contributed by atoms with Crippen LogP contribution in [0.5, 0.6) is 0 Å². The van der Waals surface area contributed by atoms with Crippen molar-refractivity contribution in [2.75, 3.05) is 31.6 Å². The zero-order chi connectivity index (χ0) is 17.6. The number of aliphatic carboxylic acids is 1. The van der Waals surface area contributed by atoms with Crippen LogP contribution in [0.1, 0.15) is 19.3 Å². The zero-order valence-electron chi connectivity index (χ0n) is 14.0. The number of nitrogens with one attached hydrogen (secondary N) is 1. The van der Waals surface area contributed by atoms with Gasteiger partial charge in [0, 0.05) is 20.1 Å². The van der Waals surface area contributed by atoms with Crippen molar-refractivity contribution in [3.8, 4) is 0 Å². The number of carboxylic acid groups (broad SMARTS) is 1. The minimum Gasteiger partial charge on any atom is -0.481 e. The number of anilines is 1. The van der Waals surface area contributed by atoms with Crippen molar-refractivity contribution in [1.82, 2.24) is 24.8 Å². The molecule has 0 spiro atoms. The van der Waals surface area contributed by atoms with Crippen LogP contribution < -0.4 is 4.90 Å². The van der Waals surface area contributed by atoms with Crippen LogP contribution >= 0.6 is 0 Å². The molecule has 9 heteroatoms. The first-order valence-electron chi connectivity index (χ1n) is 8.37. The monoisotopic (exact) mass is 344 g/mol. The number of imidazole rings is 1. The van der Waals surface area contributed by atoms with Crippen molar-refractivity contribution in [2.24, 2.45) is 11.3 Å².